The van der Waals surface area contributed by atoms with Gasteiger partial charge in [0.05, 0.1) is 11.3 Å². The molecule has 0 saturated carbocycles. The van der Waals surface area contributed by atoms with Crippen LogP contribution in [0.2, 0.25) is 5.02 Å². The number of para-hydroxylation sites is 1. The summed E-state index contributed by atoms with van der Waals surface area (Å²) in [4.78, 5) is 42.7. The second-order valence-corrected chi connectivity index (χ2v) is 11.6. The molecule has 0 unspecified atom stereocenters. The van der Waals surface area contributed by atoms with Crippen LogP contribution in [-0.4, -0.2) is 41.6 Å². The Labute approximate surface area is 240 Å². The molecule has 3 aromatic carbocycles. The second kappa shape index (κ2) is 11.7. The molecule has 0 saturated heterocycles. The Morgan fingerprint density at radius 3 is 2.25 bits per heavy atom. The third kappa shape index (κ3) is 5.99. The molecular formula is C32H35ClN2O5. The molecule has 0 aromatic heterocycles. The Hall–Kier alpha value is -3.84. The van der Waals surface area contributed by atoms with Gasteiger partial charge < -0.3 is 19.6 Å². The van der Waals surface area contributed by atoms with E-state index in [9.17, 15) is 19.5 Å². The fraction of sp³-hybridized carbons (Fsp3) is 0.344. The van der Waals surface area contributed by atoms with Gasteiger partial charge in [0.2, 0.25) is 5.91 Å². The lowest BCUT2D eigenvalue weighted by Crippen LogP contribution is -2.48. The number of carboxylic acids is 1. The van der Waals surface area contributed by atoms with Gasteiger partial charge in [-0.3, -0.25) is 14.4 Å². The number of anilines is 2. The number of hydrogen-bond acceptors (Lipinski definition) is 4. The van der Waals surface area contributed by atoms with Crippen LogP contribution in [0.1, 0.15) is 62.9 Å². The summed E-state index contributed by atoms with van der Waals surface area (Å²) in [6.07, 6.45) is 0.476. The van der Waals surface area contributed by atoms with Crippen LogP contribution in [0, 0.1) is 5.41 Å². The number of nitrogens with zero attached hydrogens (tertiary/aromatic N) is 2. The quantitative estimate of drug-likeness (QED) is 0.326. The Bertz CT molecular complexity index is 1390. The molecule has 0 fully saturated rings. The number of hydrogen-bond donors (Lipinski definition) is 1. The molecule has 0 radical (unpaired) electrons. The first-order valence-electron chi connectivity index (χ1n) is 13.4. The molecule has 2 amide bonds. The summed E-state index contributed by atoms with van der Waals surface area (Å²) in [6, 6.07) is 21.2. The van der Waals surface area contributed by atoms with E-state index in [1.807, 2.05) is 57.2 Å². The van der Waals surface area contributed by atoms with Crippen molar-refractivity contribution in [1.29, 1.82) is 0 Å². The molecule has 8 heteroatoms. The molecule has 4 rings (SSSR count). The topological polar surface area (TPSA) is 87.2 Å². The van der Waals surface area contributed by atoms with Crippen molar-refractivity contribution < 1.29 is 24.2 Å². The van der Waals surface area contributed by atoms with Gasteiger partial charge in [-0.15, -0.1) is 0 Å². The van der Waals surface area contributed by atoms with Crippen molar-refractivity contribution in [3.05, 3.63) is 88.9 Å². The summed E-state index contributed by atoms with van der Waals surface area (Å²) in [7, 11) is 0. The molecule has 1 aliphatic rings. The zero-order valence-electron chi connectivity index (χ0n) is 23.4. The van der Waals surface area contributed by atoms with Gasteiger partial charge in [-0.05, 0) is 101 Å². The van der Waals surface area contributed by atoms with E-state index < -0.39 is 17.3 Å². The standard InChI is InChI=1S/C32H35ClN2O5/c1-20(2)34(24-14-12-23(33)13-15-24)30(37)27-18-21(3)35(28-9-7-6-8-26(27)28)29(36)22-10-16-25(17-11-22)40-19-32(4,5)31(38)39/h6-17,20-21,27H,18-19H2,1-5H3,(H,38,39)/t21-,27-/m0/s1. The van der Waals surface area contributed by atoms with Crippen molar-refractivity contribution in [2.75, 3.05) is 16.4 Å². The van der Waals surface area contributed by atoms with E-state index in [1.165, 1.54) is 0 Å². The van der Waals surface area contributed by atoms with Crippen molar-refractivity contribution in [3.8, 4) is 5.75 Å². The lowest BCUT2D eigenvalue weighted by Gasteiger charge is -2.41. The molecule has 1 heterocycles. The number of ether oxygens (including phenoxy) is 1. The van der Waals surface area contributed by atoms with Crippen molar-refractivity contribution in [1.82, 2.24) is 0 Å². The van der Waals surface area contributed by atoms with Crippen LogP contribution in [0.25, 0.3) is 0 Å². The molecule has 0 bridgehead atoms. The van der Waals surface area contributed by atoms with Crippen LogP contribution in [0.4, 0.5) is 11.4 Å². The van der Waals surface area contributed by atoms with E-state index in [1.54, 1.807) is 60.0 Å². The van der Waals surface area contributed by atoms with Gasteiger partial charge in [0.25, 0.3) is 5.91 Å². The Kier molecular flexibility index (Phi) is 8.54. The second-order valence-electron chi connectivity index (χ2n) is 11.2. The number of carbonyl (C=O) groups excluding carboxylic acids is 2. The van der Waals surface area contributed by atoms with Gasteiger partial charge in [0.15, 0.2) is 0 Å². The third-order valence-corrected chi connectivity index (χ3v) is 7.50. The van der Waals surface area contributed by atoms with Crippen LogP contribution >= 0.6 is 11.6 Å². The smallest absolute Gasteiger partial charge is 0.312 e. The van der Waals surface area contributed by atoms with Crippen LogP contribution in [0.3, 0.4) is 0 Å². The summed E-state index contributed by atoms with van der Waals surface area (Å²) in [6.45, 7) is 9.12. The van der Waals surface area contributed by atoms with E-state index in [4.69, 9.17) is 16.3 Å². The minimum Gasteiger partial charge on any atom is -0.492 e. The van der Waals surface area contributed by atoms with E-state index in [0.29, 0.717) is 28.4 Å². The molecule has 40 heavy (non-hydrogen) atoms. The van der Waals surface area contributed by atoms with Crippen molar-refractivity contribution >= 4 is 40.8 Å². The van der Waals surface area contributed by atoms with E-state index >= 15 is 0 Å². The SMILES string of the molecule is CC(C)N(C(=O)[C@H]1C[C@H](C)N(C(=O)c2ccc(OCC(C)(C)C(=O)O)cc2)c2ccccc21)c1ccc(Cl)cc1. The highest BCUT2D eigenvalue weighted by atomic mass is 35.5. The third-order valence-electron chi connectivity index (χ3n) is 7.24. The first kappa shape index (κ1) is 29.2. The Morgan fingerprint density at radius 1 is 1.02 bits per heavy atom. The number of aliphatic carboxylic acids is 1. The monoisotopic (exact) mass is 562 g/mol. The number of amides is 2. The first-order valence-corrected chi connectivity index (χ1v) is 13.8. The van der Waals surface area contributed by atoms with Crippen LogP contribution in [-0.2, 0) is 9.59 Å². The zero-order valence-corrected chi connectivity index (χ0v) is 24.2. The zero-order chi connectivity index (χ0) is 29.2. The Balaban J connectivity index is 1.59. The fourth-order valence-electron chi connectivity index (χ4n) is 4.96. The number of fused-ring (bicyclic) bond motifs is 1. The first-order chi connectivity index (χ1) is 18.9. The van der Waals surface area contributed by atoms with Gasteiger partial charge in [0, 0.05) is 34.0 Å². The van der Waals surface area contributed by atoms with Crippen LogP contribution in [0.15, 0.2) is 72.8 Å². The normalized spacial score (nSPS) is 16.8. The number of benzene rings is 3. The van der Waals surface area contributed by atoms with Gasteiger partial charge in [-0.2, -0.15) is 0 Å². The maximum atomic E-state index is 14.0. The molecule has 0 aliphatic carbocycles. The van der Waals surface area contributed by atoms with Crippen LogP contribution < -0.4 is 14.5 Å². The maximum Gasteiger partial charge on any atom is 0.312 e. The van der Waals surface area contributed by atoms with E-state index in [2.05, 4.69) is 0 Å². The number of halogens is 1. The molecule has 1 N–H and O–H groups in total. The van der Waals surface area contributed by atoms with Gasteiger partial charge >= 0.3 is 5.97 Å². The summed E-state index contributed by atoms with van der Waals surface area (Å²) >= 11 is 6.09. The van der Waals surface area contributed by atoms with Gasteiger partial charge in [-0.25, -0.2) is 0 Å². The predicted molar refractivity (Wildman–Crippen MR) is 157 cm³/mol. The number of carboxylic acid groups (broad SMARTS) is 1. The lowest BCUT2D eigenvalue weighted by molar-refractivity contribution is -0.148. The summed E-state index contributed by atoms with van der Waals surface area (Å²) < 4.78 is 5.66. The van der Waals surface area contributed by atoms with Crippen molar-refractivity contribution in [3.63, 3.8) is 0 Å². The number of rotatable bonds is 8. The molecule has 7 nitrogen and oxygen atoms in total. The molecule has 0 spiro atoms. The highest BCUT2D eigenvalue weighted by Gasteiger charge is 2.39. The average Bonchev–Trinajstić information content (AvgIpc) is 2.92. The van der Waals surface area contributed by atoms with Gasteiger partial charge in [0.1, 0.15) is 12.4 Å². The van der Waals surface area contributed by atoms with Crippen LogP contribution in [0.5, 0.6) is 5.75 Å². The minimum absolute atomic E-state index is 0.00495. The van der Waals surface area contributed by atoms with Crippen molar-refractivity contribution in [2.45, 2.75) is 59.0 Å². The Morgan fingerprint density at radius 2 is 1.65 bits per heavy atom. The number of carbonyl (C=O) groups is 3. The lowest BCUT2D eigenvalue weighted by atomic mass is 9.84. The van der Waals surface area contributed by atoms with Gasteiger partial charge in [-0.1, -0.05) is 29.8 Å². The molecule has 3 aromatic rings. The molecule has 210 valence electrons. The average molecular weight is 563 g/mol. The minimum atomic E-state index is -1.03. The highest BCUT2D eigenvalue weighted by Crippen LogP contribution is 2.41. The largest absolute Gasteiger partial charge is 0.492 e. The summed E-state index contributed by atoms with van der Waals surface area (Å²) in [5.41, 5.74) is 1.75. The highest BCUT2D eigenvalue weighted by molar-refractivity contribution is 6.30. The molecule has 2 atom stereocenters. The van der Waals surface area contributed by atoms with E-state index in [-0.39, 0.29) is 30.5 Å². The fourth-order valence-corrected chi connectivity index (χ4v) is 5.09. The van der Waals surface area contributed by atoms with Crippen molar-refractivity contribution in [2.24, 2.45) is 5.41 Å². The predicted octanol–water partition coefficient (Wildman–Crippen LogP) is 6.79. The summed E-state index contributed by atoms with van der Waals surface area (Å²) in [5, 5.41) is 9.91. The molecule has 1 aliphatic heterocycles. The van der Waals surface area contributed by atoms with E-state index in [0.717, 1.165) is 11.3 Å². The molecular weight excluding hydrogens is 528 g/mol. The maximum absolute atomic E-state index is 14.0. The summed E-state index contributed by atoms with van der Waals surface area (Å²) in [5.74, 6) is -1.07.